The van der Waals surface area contributed by atoms with Gasteiger partial charge in [-0.15, -0.1) is 0 Å². The third-order valence-electron chi connectivity index (χ3n) is 2.26. The van der Waals surface area contributed by atoms with E-state index >= 15 is 0 Å². The molecule has 1 N–H and O–H groups in total. The highest BCUT2D eigenvalue weighted by Crippen LogP contribution is 2.49. The van der Waals surface area contributed by atoms with E-state index in [-0.39, 0.29) is 11.6 Å². The number of carbonyl (C=O) groups excluding carboxylic acids is 1. The summed E-state index contributed by atoms with van der Waals surface area (Å²) >= 11 is 0. The normalized spacial score (nSPS) is 12.3. The minimum atomic E-state index is -3.44. The van der Waals surface area contributed by atoms with Crippen molar-refractivity contribution in [1.82, 2.24) is 5.32 Å². The Kier molecular flexibility index (Phi) is 5.42. The van der Waals surface area contributed by atoms with E-state index in [9.17, 15) is 13.8 Å². The first-order valence-corrected chi connectivity index (χ1v) is 6.99. The van der Waals surface area contributed by atoms with Crippen molar-refractivity contribution in [3.8, 4) is 0 Å². The van der Waals surface area contributed by atoms with Gasteiger partial charge in [-0.05, 0) is 29.8 Å². The Morgan fingerprint density at radius 1 is 1.26 bits per heavy atom. The van der Waals surface area contributed by atoms with Gasteiger partial charge in [0, 0.05) is 21.1 Å². The molecule has 7 heteroatoms. The third-order valence-corrected chi connectivity index (χ3v) is 3.85. The van der Waals surface area contributed by atoms with E-state index in [1.165, 1.54) is 51.2 Å². The lowest BCUT2D eigenvalue weighted by molar-refractivity contribution is -0.117. The molecule has 19 heavy (non-hydrogen) atoms. The molecule has 0 unspecified atom stereocenters. The van der Waals surface area contributed by atoms with Crippen molar-refractivity contribution in [1.29, 1.82) is 0 Å². The Balaban J connectivity index is 3.21. The van der Waals surface area contributed by atoms with Gasteiger partial charge in [0.25, 0.3) is 0 Å². The predicted molar refractivity (Wildman–Crippen MR) is 69.8 cm³/mol. The van der Waals surface area contributed by atoms with Crippen LogP contribution in [0, 0.1) is 5.82 Å². The van der Waals surface area contributed by atoms with Gasteiger partial charge in [-0.25, -0.2) is 4.39 Å². The molecule has 0 aliphatic carbocycles. The molecule has 1 rings (SSSR count). The molecule has 0 saturated carbocycles. The number of benzene rings is 1. The van der Waals surface area contributed by atoms with E-state index in [2.05, 4.69) is 5.32 Å². The number of amides is 1. The summed E-state index contributed by atoms with van der Waals surface area (Å²) in [4.78, 5) is 11.2. The maximum atomic E-state index is 12.9. The fraction of sp³-hybridized carbons (Fsp3) is 0.250. The van der Waals surface area contributed by atoms with Crippen LogP contribution in [0.5, 0.6) is 0 Å². The molecular weight excluding hydrogens is 272 g/mol. The molecule has 1 aromatic carbocycles. The SMILES string of the molecule is COP(=O)(/C=C(/NC(C)=O)c1ccc(F)cc1)OC. The first kappa shape index (κ1) is 15.6. The lowest BCUT2D eigenvalue weighted by Gasteiger charge is -2.13. The smallest absolute Gasteiger partial charge is 0.325 e. The molecule has 0 fully saturated rings. The molecule has 1 aromatic rings. The molecule has 0 bridgehead atoms. The van der Waals surface area contributed by atoms with Crippen molar-refractivity contribution in [3.05, 3.63) is 41.5 Å². The average Bonchev–Trinajstić information content (AvgIpc) is 2.38. The summed E-state index contributed by atoms with van der Waals surface area (Å²) in [5.41, 5.74) is 0.727. The van der Waals surface area contributed by atoms with Crippen molar-refractivity contribution in [2.24, 2.45) is 0 Å². The highest BCUT2D eigenvalue weighted by molar-refractivity contribution is 7.57. The molecule has 0 atom stereocenters. The largest absolute Gasteiger partial charge is 0.355 e. The van der Waals surface area contributed by atoms with Crippen LogP contribution in [0.2, 0.25) is 0 Å². The van der Waals surface area contributed by atoms with Gasteiger partial charge in [-0.3, -0.25) is 9.36 Å². The Morgan fingerprint density at radius 2 is 1.79 bits per heavy atom. The fourth-order valence-corrected chi connectivity index (χ4v) is 2.23. The van der Waals surface area contributed by atoms with E-state index in [1.54, 1.807) is 0 Å². The molecule has 0 saturated heterocycles. The zero-order valence-corrected chi connectivity index (χ0v) is 11.7. The van der Waals surface area contributed by atoms with Gasteiger partial charge < -0.3 is 14.4 Å². The molecule has 0 heterocycles. The summed E-state index contributed by atoms with van der Waals surface area (Å²) in [6.45, 7) is 1.31. The third kappa shape index (κ3) is 4.59. The summed E-state index contributed by atoms with van der Waals surface area (Å²) in [5.74, 6) is 0.420. The van der Waals surface area contributed by atoms with Crippen LogP contribution in [-0.2, 0) is 18.4 Å². The zero-order valence-electron chi connectivity index (χ0n) is 10.8. The first-order valence-electron chi connectivity index (χ1n) is 5.38. The Bertz CT molecular complexity index is 519. The quantitative estimate of drug-likeness (QED) is 0.846. The Labute approximate surface area is 110 Å². The van der Waals surface area contributed by atoms with Gasteiger partial charge in [0.15, 0.2) is 0 Å². The highest BCUT2D eigenvalue weighted by Gasteiger charge is 2.20. The minimum Gasteiger partial charge on any atom is -0.325 e. The van der Waals surface area contributed by atoms with Crippen molar-refractivity contribution in [2.45, 2.75) is 6.92 Å². The standard InChI is InChI=1S/C12H15FNO4P/c1-9(15)14-12(8-19(16,17-2)18-3)10-4-6-11(13)7-5-10/h4-8H,1-3H3,(H,14,15)/b12-8+. The first-order chi connectivity index (χ1) is 8.90. The van der Waals surface area contributed by atoms with Gasteiger partial charge in [0.1, 0.15) is 5.82 Å². The maximum absolute atomic E-state index is 12.9. The van der Waals surface area contributed by atoms with Gasteiger partial charge in [0.2, 0.25) is 5.91 Å². The molecular formula is C12H15FNO4P. The van der Waals surface area contributed by atoms with Crippen molar-refractivity contribution in [3.63, 3.8) is 0 Å². The Morgan fingerprint density at radius 3 is 2.21 bits per heavy atom. The zero-order chi connectivity index (χ0) is 14.5. The second-order valence-corrected chi connectivity index (χ2v) is 5.70. The predicted octanol–water partition coefficient (Wildman–Crippen LogP) is 2.75. The summed E-state index contributed by atoms with van der Waals surface area (Å²) in [7, 11) is -0.975. The van der Waals surface area contributed by atoms with Crippen molar-refractivity contribution >= 4 is 19.2 Å². The van der Waals surface area contributed by atoms with E-state index in [0.717, 1.165) is 0 Å². The molecule has 0 aromatic heterocycles. The van der Waals surface area contributed by atoms with Gasteiger partial charge in [-0.1, -0.05) is 0 Å². The summed E-state index contributed by atoms with van der Waals surface area (Å²) in [6.07, 6.45) is 0. The Hall–Kier alpha value is -1.49. The van der Waals surface area contributed by atoms with Crippen molar-refractivity contribution < 1.29 is 22.8 Å². The van der Waals surface area contributed by atoms with Crippen LogP contribution in [0.4, 0.5) is 4.39 Å². The van der Waals surface area contributed by atoms with Gasteiger partial charge >= 0.3 is 7.60 Å². The highest BCUT2D eigenvalue weighted by atomic mass is 31.2. The number of hydrogen-bond donors (Lipinski definition) is 1. The number of halogens is 1. The second kappa shape index (κ2) is 6.61. The molecule has 104 valence electrons. The van der Waals surface area contributed by atoms with Crippen LogP contribution >= 0.6 is 7.60 Å². The van der Waals surface area contributed by atoms with Crippen LogP contribution in [-0.4, -0.2) is 20.1 Å². The molecule has 1 amide bonds. The number of hydrogen-bond acceptors (Lipinski definition) is 4. The summed E-state index contributed by atoms with van der Waals surface area (Å²) in [5, 5.41) is 2.51. The van der Waals surface area contributed by atoms with E-state index in [4.69, 9.17) is 9.05 Å². The number of rotatable bonds is 5. The lowest BCUT2D eigenvalue weighted by Crippen LogP contribution is -2.18. The van der Waals surface area contributed by atoms with Crippen LogP contribution in [0.25, 0.3) is 5.70 Å². The molecule has 5 nitrogen and oxygen atoms in total. The van der Waals surface area contributed by atoms with Gasteiger partial charge in [0.05, 0.1) is 11.5 Å². The summed E-state index contributed by atoms with van der Waals surface area (Å²) < 4.78 is 34.5. The summed E-state index contributed by atoms with van der Waals surface area (Å²) in [6, 6.07) is 5.37. The second-order valence-electron chi connectivity index (χ2n) is 3.64. The monoisotopic (exact) mass is 287 g/mol. The minimum absolute atomic E-state index is 0.236. The molecule has 0 aliphatic heterocycles. The molecule has 0 radical (unpaired) electrons. The van der Waals surface area contributed by atoms with Crippen molar-refractivity contribution in [2.75, 3.05) is 14.2 Å². The van der Waals surface area contributed by atoms with E-state index in [0.29, 0.717) is 5.56 Å². The van der Waals surface area contributed by atoms with Gasteiger partial charge in [-0.2, -0.15) is 0 Å². The fourth-order valence-electron chi connectivity index (χ4n) is 1.34. The molecule has 0 spiro atoms. The lowest BCUT2D eigenvalue weighted by atomic mass is 10.2. The topological polar surface area (TPSA) is 64.6 Å². The van der Waals surface area contributed by atoms with Crippen LogP contribution in [0.3, 0.4) is 0 Å². The molecule has 0 aliphatic rings. The van der Waals surface area contributed by atoms with E-state index < -0.39 is 13.4 Å². The average molecular weight is 287 g/mol. The maximum Gasteiger partial charge on any atom is 0.355 e. The van der Waals surface area contributed by atoms with Crippen LogP contribution < -0.4 is 5.32 Å². The van der Waals surface area contributed by atoms with E-state index in [1.807, 2.05) is 0 Å². The number of nitrogens with one attached hydrogen (secondary N) is 1. The van der Waals surface area contributed by atoms with Crippen LogP contribution in [0.15, 0.2) is 30.1 Å². The number of carbonyl (C=O) groups is 1. The van der Waals surface area contributed by atoms with Crippen LogP contribution in [0.1, 0.15) is 12.5 Å².